The molecule has 10 nitrogen and oxygen atoms in total. The Hall–Kier alpha value is -4.71. The van der Waals surface area contributed by atoms with Crippen LogP contribution in [0.2, 0.25) is 0 Å². The van der Waals surface area contributed by atoms with Crippen LogP contribution in [0.3, 0.4) is 0 Å². The Bertz CT molecular complexity index is 1750. The van der Waals surface area contributed by atoms with Gasteiger partial charge >= 0.3 is 5.97 Å². The predicted octanol–water partition coefficient (Wildman–Crippen LogP) is 6.47. The number of hydrogen-bond acceptors (Lipinski definition) is 8. The molecule has 1 amide bonds. The maximum atomic E-state index is 13.9. The van der Waals surface area contributed by atoms with Crippen molar-refractivity contribution in [3.05, 3.63) is 120 Å². The van der Waals surface area contributed by atoms with Gasteiger partial charge in [0.25, 0.3) is 0 Å². The van der Waals surface area contributed by atoms with Crippen LogP contribution < -0.4 is 19.5 Å². The molecule has 0 saturated carbocycles. The summed E-state index contributed by atoms with van der Waals surface area (Å²) in [6.45, 7) is 9.47. The Morgan fingerprint density at radius 2 is 1.46 bits per heavy atom. The fraction of sp³-hybridized carbons (Fsp3) is 0.333. The number of esters is 1. The Balaban J connectivity index is 1.53. The molecular formula is C39H47N3O7S. The highest BCUT2D eigenvalue weighted by molar-refractivity contribution is 7.89. The minimum atomic E-state index is -4.06. The highest BCUT2D eigenvalue weighted by Crippen LogP contribution is 2.28. The standard InChI is InChI=1S/C39H47N3O7S/c1-4-7-25-47-37-28-32(39(44)48-26-24-42(5-2)6-3)20-23-35(37)40-38(43)36(41-50(45,46)34-16-12-9-13-17-34)27-30-18-21-33(22-19-30)49-29-31-14-10-8-11-15-31/h8-23,28,36,41H,4-7,24-27,29H2,1-3H3,(H,40,43)/t36-/m1/s1. The van der Waals surface area contributed by atoms with Crippen LogP contribution in [0.4, 0.5) is 5.69 Å². The van der Waals surface area contributed by atoms with Crippen LogP contribution in [-0.2, 0) is 32.6 Å². The number of nitrogens with one attached hydrogen (secondary N) is 2. The average Bonchev–Trinajstić information content (AvgIpc) is 3.14. The molecule has 0 aliphatic carbocycles. The summed E-state index contributed by atoms with van der Waals surface area (Å²) in [4.78, 5) is 29.0. The van der Waals surface area contributed by atoms with Crippen molar-refractivity contribution in [3.8, 4) is 11.5 Å². The number of benzene rings is 4. The molecule has 0 saturated heterocycles. The van der Waals surface area contributed by atoms with Gasteiger partial charge in [-0.25, -0.2) is 13.2 Å². The van der Waals surface area contributed by atoms with E-state index >= 15 is 0 Å². The van der Waals surface area contributed by atoms with Gasteiger partial charge in [0.15, 0.2) is 0 Å². The first-order chi connectivity index (χ1) is 24.2. The number of hydrogen-bond donors (Lipinski definition) is 2. The van der Waals surface area contributed by atoms with Crippen molar-refractivity contribution in [2.45, 2.75) is 57.6 Å². The summed E-state index contributed by atoms with van der Waals surface area (Å²) in [5.74, 6) is -0.164. The molecule has 1 atom stereocenters. The lowest BCUT2D eigenvalue weighted by atomic mass is 10.1. The summed E-state index contributed by atoms with van der Waals surface area (Å²) in [6.07, 6.45) is 1.70. The van der Waals surface area contributed by atoms with Crippen molar-refractivity contribution in [1.29, 1.82) is 0 Å². The lowest BCUT2D eigenvalue weighted by molar-refractivity contribution is -0.117. The van der Waals surface area contributed by atoms with E-state index in [1.54, 1.807) is 60.7 Å². The summed E-state index contributed by atoms with van der Waals surface area (Å²) in [7, 11) is -4.06. The summed E-state index contributed by atoms with van der Waals surface area (Å²) < 4.78 is 46.8. The Morgan fingerprint density at radius 3 is 2.12 bits per heavy atom. The third-order valence-corrected chi connectivity index (χ3v) is 9.53. The normalized spacial score (nSPS) is 11.9. The third-order valence-electron chi connectivity index (χ3n) is 8.04. The van der Waals surface area contributed by atoms with Gasteiger partial charge in [-0.3, -0.25) is 4.79 Å². The number of nitrogens with zero attached hydrogens (tertiary/aromatic N) is 1. The highest BCUT2D eigenvalue weighted by atomic mass is 32.2. The van der Waals surface area contributed by atoms with Crippen molar-refractivity contribution < 1.29 is 32.2 Å². The van der Waals surface area contributed by atoms with E-state index in [-0.39, 0.29) is 29.2 Å². The molecule has 11 heteroatoms. The Kier molecular flexibility index (Phi) is 14.8. The van der Waals surface area contributed by atoms with Crippen LogP contribution in [-0.4, -0.2) is 64.1 Å². The molecule has 0 aliphatic rings. The maximum absolute atomic E-state index is 13.9. The number of amides is 1. The molecule has 0 bridgehead atoms. The highest BCUT2D eigenvalue weighted by Gasteiger charge is 2.27. The molecule has 0 fully saturated rings. The average molecular weight is 702 g/mol. The number of carbonyl (C=O) groups excluding carboxylic acids is 2. The van der Waals surface area contributed by atoms with Crippen molar-refractivity contribution >= 4 is 27.6 Å². The number of unbranched alkanes of at least 4 members (excludes halogenated alkanes) is 1. The number of carbonyl (C=O) groups is 2. The fourth-order valence-corrected chi connectivity index (χ4v) is 6.27. The molecule has 0 aliphatic heterocycles. The van der Waals surface area contributed by atoms with Gasteiger partial charge in [0, 0.05) is 6.54 Å². The van der Waals surface area contributed by atoms with Crippen molar-refractivity contribution in [3.63, 3.8) is 0 Å². The van der Waals surface area contributed by atoms with Crippen LogP contribution in [0.25, 0.3) is 0 Å². The van der Waals surface area contributed by atoms with E-state index in [4.69, 9.17) is 14.2 Å². The second-order valence-electron chi connectivity index (χ2n) is 11.7. The number of anilines is 1. The van der Waals surface area contributed by atoms with Crippen LogP contribution in [0.5, 0.6) is 11.5 Å². The summed E-state index contributed by atoms with van der Waals surface area (Å²) in [5, 5.41) is 2.85. The fourth-order valence-electron chi connectivity index (χ4n) is 5.05. The lowest BCUT2D eigenvalue weighted by Gasteiger charge is -2.21. The molecule has 50 heavy (non-hydrogen) atoms. The largest absolute Gasteiger partial charge is 0.491 e. The van der Waals surface area contributed by atoms with Gasteiger partial charge in [0.05, 0.1) is 22.8 Å². The van der Waals surface area contributed by atoms with Crippen LogP contribution in [0.1, 0.15) is 55.1 Å². The first-order valence-electron chi connectivity index (χ1n) is 17.0. The van der Waals surface area contributed by atoms with Gasteiger partial charge in [-0.05, 0) is 79.5 Å². The third kappa shape index (κ3) is 11.7. The van der Waals surface area contributed by atoms with Gasteiger partial charge in [0.2, 0.25) is 15.9 Å². The topological polar surface area (TPSA) is 123 Å². The SMILES string of the molecule is CCCCOc1cc(C(=O)OCCN(CC)CC)ccc1NC(=O)[C@@H](Cc1ccc(OCc2ccccc2)cc1)NS(=O)(=O)c1ccccc1. The van der Waals surface area contributed by atoms with Crippen LogP contribution >= 0.6 is 0 Å². The van der Waals surface area contributed by atoms with E-state index in [0.717, 1.165) is 37.1 Å². The quantitative estimate of drug-likeness (QED) is 0.0794. The number of likely N-dealkylation sites (N-methyl/N-ethyl adjacent to an activating group) is 1. The molecule has 266 valence electrons. The van der Waals surface area contributed by atoms with Gasteiger partial charge in [0.1, 0.15) is 30.8 Å². The zero-order chi connectivity index (χ0) is 35.8. The van der Waals surface area contributed by atoms with Gasteiger partial charge in [-0.15, -0.1) is 0 Å². The van der Waals surface area contributed by atoms with Crippen LogP contribution in [0, 0.1) is 0 Å². The molecule has 0 spiro atoms. The molecule has 0 unspecified atom stereocenters. The second-order valence-corrected chi connectivity index (χ2v) is 13.4. The van der Waals surface area contributed by atoms with E-state index < -0.39 is 27.9 Å². The summed E-state index contributed by atoms with van der Waals surface area (Å²) >= 11 is 0. The molecule has 0 aromatic heterocycles. The minimum absolute atomic E-state index is 0.0370. The predicted molar refractivity (Wildman–Crippen MR) is 195 cm³/mol. The molecular weight excluding hydrogens is 655 g/mol. The van der Waals surface area contributed by atoms with E-state index in [9.17, 15) is 18.0 Å². The number of ether oxygens (including phenoxy) is 3. The van der Waals surface area contributed by atoms with Gasteiger partial charge in [-0.2, -0.15) is 4.72 Å². The van der Waals surface area contributed by atoms with Gasteiger partial charge in [-0.1, -0.05) is 87.9 Å². The van der Waals surface area contributed by atoms with Crippen molar-refractivity contribution in [2.24, 2.45) is 0 Å². The molecule has 0 heterocycles. The Labute approximate surface area is 295 Å². The van der Waals surface area contributed by atoms with E-state index in [0.29, 0.717) is 31.2 Å². The number of sulfonamides is 1. The molecule has 4 aromatic rings. The molecule has 2 N–H and O–H groups in total. The Morgan fingerprint density at radius 1 is 0.780 bits per heavy atom. The summed E-state index contributed by atoms with van der Waals surface area (Å²) in [6, 6.07) is 28.3. The molecule has 4 rings (SSSR count). The second kappa shape index (κ2) is 19.5. The first-order valence-corrected chi connectivity index (χ1v) is 18.5. The van der Waals surface area contributed by atoms with Crippen molar-refractivity contribution in [2.75, 3.05) is 38.2 Å². The zero-order valence-corrected chi connectivity index (χ0v) is 29.8. The first kappa shape index (κ1) is 38.1. The molecule has 4 aromatic carbocycles. The van der Waals surface area contributed by atoms with E-state index in [1.165, 1.54) is 12.1 Å². The zero-order valence-electron chi connectivity index (χ0n) is 29.0. The monoisotopic (exact) mass is 701 g/mol. The smallest absolute Gasteiger partial charge is 0.338 e. The lowest BCUT2D eigenvalue weighted by Crippen LogP contribution is -2.45. The van der Waals surface area contributed by atoms with E-state index in [2.05, 4.69) is 14.9 Å². The minimum Gasteiger partial charge on any atom is -0.491 e. The van der Waals surface area contributed by atoms with Gasteiger partial charge < -0.3 is 24.4 Å². The van der Waals surface area contributed by atoms with Crippen molar-refractivity contribution in [1.82, 2.24) is 9.62 Å². The maximum Gasteiger partial charge on any atom is 0.338 e. The summed E-state index contributed by atoms with van der Waals surface area (Å²) in [5.41, 5.74) is 2.33. The van der Waals surface area contributed by atoms with E-state index in [1.807, 2.05) is 51.1 Å². The molecule has 0 radical (unpaired) electrons. The van der Waals surface area contributed by atoms with Crippen LogP contribution in [0.15, 0.2) is 108 Å². The number of rotatable bonds is 20.